The van der Waals surface area contributed by atoms with E-state index in [1.807, 2.05) is 24.3 Å². The van der Waals surface area contributed by atoms with Crippen molar-refractivity contribution in [2.24, 2.45) is 0 Å². The monoisotopic (exact) mass is 450 g/mol. The van der Waals surface area contributed by atoms with Gasteiger partial charge >= 0.3 is 11.9 Å². The van der Waals surface area contributed by atoms with E-state index < -0.39 is 34.7 Å². The number of nitrogens with zero attached hydrogens (tertiary/aromatic N) is 1. The molecule has 0 bridgehead atoms. The first kappa shape index (κ1) is 23.4. The molecule has 0 spiro atoms. The van der Waals surface area contributed by atoms with Crippen LogP contribution < -0.4 is 5.32 Å². The number of nitrogens with one attached hydrogen (secondary N) is 1. The van der Waals surface area contributed by atoms with Gasteiger partial charge in [-0.05, 0) is 28.5 Å². The molecular weight excluding hydrogens is 428 g/mol. The highest BCUT2D eigenvalue weighted by Gasteiger charge is 2.34. The van der Waals surface area contributed by atoms with Crippen molar-refractivity contribution in [1.82, 2.24) is 5.32 Å². The maximum Gasteiger partial charge on any atom is 0.329 e. The van der Waals surface area contributed by atoms with Gasteiger partial charge in [-0.15, -0.1) is 0 Å². The van der Waals surface area contributed by atoms with E-state index in [1.54, 1.807) is 18.2 Å². The molecule has 2 atom stereocenters. The number of non-ortho nitro benzene ring substituents is 1. The Morgan fingerprint density at radius 2 is 1.61 bits per heavy atom. The number of esters is 2. The highest BCUT2D eigenvalue weighted by molar-refractivity contribution is 6.00. The van der Waals surface area contributed by atoms with Gasteiger partial charge in [-0.2, -0.15) is 0 Å². The second kappa shape index (κ2) is 10.4. The van der Waals surface area contributed by atoms with Crippen LogP contribution in [0.5, 0.6) is 0 Å². The summed E-state index contributed by atoms with van der Waals surface area (Å²) in [6.45, 7) is 0. The zero-order chi connectivity index (χ0) is 24.0. The Morgan fingerprint density at radius 1 is 0.939 bits per heavy atom. The Morgan fingerprint density at radius 3 is 2.21 bits per heavy atom. The molecule has 0 saturated carbocycles. The largest absolute Gasteiger partial charge is 0.469 e. The smallest absolute Gasteiger partial charge is 0.329 e. The SMILES string of the molecule is COC(=O)C[C@@H](c1ccc([N+](=O)[O-])cc1)[C@H](NC(=O)c1ccc2ccccc2c1)C(=O)OC. The number of amides is 1. The summed E-state index contributed by atoms with van der Waals surface area (Å²) in [4.78, 5) is 48.2. The zero-order valence-electron chi connectivity index (χ0n) is 18.0. The van der Waals surface area contributed by atoms with Gasteiger partial charge in [0.05, 0.1) is 25.6 Å². The highest BCUT2D eigenvalue weighted by atomic mass is 16.6. The maximum atomic E-state index is 13.0. The van der Waals surface area contributed by atoms with Crippen molar-refractivity contribution in [3.05, 3.63) is 88.0 Å². The molecule has 0 fully saturated rings. The fourth-order valence-electron chi connectivity index (χ4n) is 3.54. The number of ether oxygens (including phenoxy) is 2. The predicted molar refractivity (Wildman–Crippen MR) is 120 cm³/mol. The minimum Gasteiger partial charge on any atom is -0.469 e. The van der Waals surface area contributed by atoms with Gasteiger partial charge in [-0.3, -0.25) is 19.7 Å². The molecular formula is C24H22N2O7. The topological polar surface area (TPSA) is 125 Å². The van der Waals surface area contributed by atoms with Crippen LogP contribution in [0.2, 0.25) is 0 Å². The van der Waals surface area contributed by atoms with Gasteiger partial charge < -0.3 is 14.8 Å². The molecule has 33 heavy (non-hydrogen) atoms. The normalized spacial score (nSPS) is 12.4. The lowest BCUT2D eigenvalue weighted by Crippen LogP contribution is -2.46. The van der Waals surface area contributed by atoms with Crippen molar-refractivity contribution in [2.45, 2.75) is 18.4 Å². The average molecular weight is 450 g/mol. The molecule has 3 aromatic carbocycles. The quantitative estimate of drug-likeness (QED) is 0.317. The summed E-state index contributed by atoms with van der Waals surface area (Å²) in [6, 6.07) is 16.8. The molecule has 0 aromatic heterocycles. The van der Waals surface area contributed by atoms with Gasteiger partial charge in [-0.1, -0.05) is 42.5 Å². The molecule has 0 aliphatic rings. The van der Waals surface area contributed by atoms with Crippen molar-refractivity contribution in [1.29, 1.82) is 0 Å². The number of hydrogen-bond donors (Lipinski definition) is 1. The van der Waals surface area contributed by atoms with Crippen LogP contribution in [0, 0.1) is 10.1 Å². The van der Waals surface area contributed by atoms with E-state index in [0.717, 1.165) is 10.8 Å². The minimum absolute atomic E-state index is 0.148. The minimum atomic E-state index is -1.24. The molecule has 9 heteroatoms. The van der Waals surface area contributed by atoms with Crippen LogP contribution in [-0.2, 0) is 19.1 Å². The Hall–Kier alpha value is -4.27. The third-order valence-corrected chi connectivity index (χ3v) is 5.30. The Kier molecular flexibility index (Phi) is 7.34. The van der Waals surface area contributed by atoms with Gasteiger partial charge in [0.25, 0.3) is 11.6 Å². The molecule has 0 saturated heterocycles. The van der Waals surface area contributed by atoms with Crippen molar-refractivity contribution in [3.8, 4) is 0 Å². The summed E-state index contributed by atoms with van der Waals surface area (Å²) in [7, 11) is 2.37. The van der Waals surface area contributed by atoms with Gasteiger partial charge in [-0.25, -0.2) is 4.79 Å². The summed E-state index contributed by atoms with van der Waals surface area (Å²) in [5.74, 6) is -2.80. The van der Waals surface area contributed by atoms with Crippen LogP contribution in [0.1, 0.15) is 28.3 Å². The maximum absolute atomic E-state index is 13.0. The Balaban J connectivity index is 1.96. The molecule has 0 radical (unpaired) electrons. The van der Waals surface area contributed by atoms with E-state index >= 15 is 0 Å². The van der Waals surface area contributed by atoms with Crippen molar-refractivity contribution in [2.75, 3.05) is 14.2 Å². The number of rotatable bonds is 8. The van der Waals surface area contributed by atoms with Crippen molar-refractivity contribution >= 4 is 34.3 Å². The van der Waals surface area contributed by atoms with Crippen LogP contribution in [0.25, 0.3) is 10.8 Å². The first-order valence-electron chi connectivity index (χ1n) is 10.0. The molecule has 9 nitrogen and oxygen atoms in total. The number of hydrogen-bond acceptors (Lipinski definition) is 7. The Labute approximate surface area is 189 Å². The first-order valence-corrected chi connectivity index (χ1v) is 10.0. The van der Waals surface area contributed by atoms with E-state index in [2.05, 4.69) is 5.32 Å². The van der Waals surface area contributed by atoms with E-state index in [1.165, 1.54) is 38.5 Å². The highest BCUT2D eigenvalue weighted by Crippen LogP contribution is 2.28. The fourth-order valence-corrected chi connectivity index (χ4v) is 3.54. The molecule has 1 N–H and O–H groups in total. The number of carbonyl (C=O) groups is 3. The van der Waals surface area contributed by atoms with E-state index in [0.29, 0.717) is 11.1 Å². The number of carbonyl (C=O) groups excluding carboxylic acids is 3. The standard InChI is InChI=1S/C24H22N2O7/c1-32-21(27)14-20(16-9-11-19(12-10-16)26(30)31)22(24(29)33-2)25-23(28)18-8-7-15-5-3-4-6-17(15)13-18/h3-13,20,22H,14H2,1-2H3,(H,25,28)/t20-,22-/m0/s1. The number of nitro benzene ring substituents is 1. The van der Waals surface area contributed by atoms with Gasteiger partial charge in [0.2, 0.25) is 0 Å². The third kappa shape index (κ3) is 5.51. The predicted octanol–water partition coefficient (Wildman–Crippen LogP) is 3.37. The van der Waals surface area contributed by atoms with E-state index in [4.69, 9.17) is 9.47 Å². The Bertz CT molecular complexity index is 1190. The fraction of sp³-hybridized carbons (Fsp3) is 0.208. The average Bonchev–Trinajstić information content (AvgIpc) is 2.85. The van der Waals surface area contributed by atoms with Gasteiger partial charge in [0.15, 0.2) is 0 Å². The molecule has 1 amide bonds. The molecule has 0 unspecified atom stereocenters. The number of methoxy groups -OCH3 is 2. The molecule has 0 heterocycles. The van der Waals surface area contributed by atoms with Crippen molar-refractivity contribution < 1.29 is 28.8 Å². The summed E-state index contributed by atoms with van der Waals surface area (Å²) in [6.07, 6.45) is -0.258. The molecule has 170 valence electrons. The molecule has 3 rings (SSSR count). The first-order chi connectivity index (χ1) is 15.8. The number of fused-ring (bicyclic) bond motifs is 1. The second-order valence-electron chi connectivity index (χ2n) is 7.27. The summed E-state index contributed by atoms with van der Waals surface area (Å²) in [5.41, 5.74) is 0.605. The third-order valence-electron chi connectivity index (χ3n) is 5.30. The van der Waals surface area contributed by atoms with Crippen LogP contribution in [0.15, 0.2) is 66.7 Å². The van der Waals surface area contributed by atoms with Crippen LogP contribution in [-0.4, -0.2) is 43.0 Å². The molecule has 3 aromatic rings. The summed E-state index contributed by atoms with van der Waals surface area (Å²) in [5, 5.41) is 15.4. The summed E-state index contributed by atoms with van der Waals surface area (Å²) >= 11 is 0. The number of nitro groups is 1. The summed E-state index contributed by atoms with van der Waals surface area (Å²) < 4.78 is 9.64. The van der Waals surface area contributed by atoms with E-state index in [9.17, 15) is 24.5 Å². The van der Waals surface area contributed by atoms with Crippen LogP contribution in [0.4, 0.5) is 5.69 Å². The van der Waals surface area contributed by atoms with E-state index in [-0.39, 0.29) is 12.1 Å². The van der Waals surface area contributed by atoms with Gasteiger partial charge in [0, 0.05) is 23.6 Å². The number of benzene rings is 3. The lowest BCUT2D eigenvalue weighted by molar-refractivity contribution is -0.384. The second-order valence-corrected chi connectivity index (χ2v) is 7.27. The molecule has 0 aliphatic carbocycles. The lowest BCUT2D eigenvalue weighted by atomic mass is 9.88. The van der Waals surface area contributed by atoms with Gasteiger partial charge in [0.1, 0.15) is 6.04 Å². The molecule has 0 aliphatic heterocycles. The van der Waals surface area contributed by atoms with Crippen LogP contribution in [0.3, 0.4) is 0 Å². The lowest BCUT2D eigenvalue weighted by Gasteiger charge is -2.26. The van der Waals surface area contributed by atoms with Crippen molar-refractivity contribution in [3.63, 3.8) is 0 Å². The van der Waals surface area contributed by atoms with Crippen LogP contribution >= 0.6 is 0 Å². The zero-order valence-corrected chi connectivity index (χ0v) is 18.0.